The van der Waals surface area contributed by atoms with Crippen molar-refractivity contribution >= 4 is 21.4 Å². The third-order valence-corrected chi connectivity index (χ3v) is 6.39. The van der Waals surface area contributed by atoms with E-state index in [0.717, 1.165) is 12.1 Å². The van der Waals surface area contributed by atoms with E-state index in [0.29, 0.717) is 12.3 Å². The average molecular weight is 481 g/mol. The van der Waals surface area contributed by atoms with E-state index in [1.165, 1.54) is 30.7 Å². The summed E-state index contributed by atoms with van der Waals surface area (Å²) in [4.78, 5) is 3.03. The van der Waals surface area contributed by atoms with Crippen molar-refractivity contribution in [3.05, 3.63) is 47.7 Å². The van der Waals surface area contributed by atoms with E-state index in [1.807, 2.05) is 0 Å². The van der Waals surface area contributed by atoms with Gasteiger partial charge in [0.1, 0.15) is 5.69 Å². The average Bonchev–Trinajstić information content (AvgIpc) is 3.07. The third kappa shape index (κ3) is 4.54. The molecule has 13 heteroatoms. The van der Waals surface area contributed by atoms with Gasteiger partial charge in [0, 0.05) is 24.4 Å². The van der Waals surface area contributed by atoms with E-state index in [-0.39, 0.29) is 22.9 Å². The molecule has 0 radical (unpaired) electrons. The van der Waals surface area contributed by atoms with E-state index < -0.39 is 43.2 Å². The molecule has 31 heavy (non-hydrogen) atoms. The molecule has 2 heterocycles. The second kappa shape index (κ2) is 7.83. The van der Waals surface area contributed by atoms with Crippen LogP contribution in [0.4, 0.5) is 22.0 Å². The molecule has 3 rings (SSSR count). The molecule has 6 nitrogen and oxygen atoms in total. The van der Waals surface area contributed by atoms with Gasteiger partial charge in [0.15, 0.2) is 21.5 Å². The molecule has 0 spiro atoms. The lowest BCUT2D eigenvalue weighted by Gasteiger charge is -2.13. The van der Waals surface area contributed by atoms with Crippen LogP contribution < -0.4 is 0 Å². The fourth-order valence-electron chi connectivity index (χ4n) is 2.78. The van der Waals surface area contributed by atoms with Crippen molar-refractivity contribution < 1.29 is 30.4 Å². The zero-order valence-corrected chi connectivity index (χ0v) is 17.5. The number of alkyl halides is 6. The second-order valence-electron chi connectivity index (χ2n) is 6.46. The molecule has 0 saturated carbocycles. The van der Waals surface area contributed by atoms with Crippen molar-refractivity contribution in [3.8, 4) is 22.9 Å². The number of halogens is 6. The summed E-state index contributed by atoms with van der Waals surface area (Å²) in [6.07, 6.45) is -4.31. The van der Waals surface area contributed by atoms with Gasteiger partial charge in [-0.25, -0.2) is 8.42 Å². The lowest BCUT2D eigenvalue weighted by atomic mass is 10.1. The van der Waals surface area contributed by atoms with Gasteiger partial charge in [-0.1, -0.05) is 25.1 Å². The zero-order chi connectivity index (χ0) is 23.2. The molecule has 0 fully saturated rings. The Hall–Kier alpha value is -2.60. The van der Waals surface area contributed by atoms with E-state index in [2.05, 4.69) is 15.2 Å². The van der Waals surface area contributed by atoms with Crippen molar-refractivity contribution in [2.24, 2.45) is 7.05 Å². The van der Waals surface area contributed by atoms with Gasteiger partial charge < -0.3 is 4.57 Å². The molecule has 1 aromatic carbocycles. The van der Waals surface area contributed by atoms with Gasteiger partial charge in [0.05, 0.1) is 16.2 Å². The van der Waals surface area contributed by atoms with Crippen molar-refractivity contribution in [3.63, 3.8) is 0 Å². The van der Waals surface area contributed by atoms with Gasteiger partial charge in [0.2, 0.25) is 0 Å². The smallest absolute Gasteiger partial charge is 0.309 e. The minimum Gasteiger partial charge on any atom is -0.309 e. The lowest BCUT2D eigenvalue weighted by Crippen LogP contribution is -2.13. The maximum Gasteiger partial charge on any atom is 0.417 e. The molecule has 0 amide bonds. The summed E-state index contributed by atoms with van der Waals surface area (Å²) >= 11 is 5.05. The zero-order valence-electron chi connectivity index (χ0n) is 16.0. The number of hydrogen-bond acceptors (Lipinski definition) is 5. The van der Waals surface area contributed by atoms with Crippen LogP contribution in [0.1, 0.15) is 18.1 Å². The Morgan fingerprint density at radius 1 is 1.03 bits per heavy atom. The van der Waals surface area contributed by atoms with Gasteiger partial charge >= 0.3 is 11.6 Å². The monoisotopic (exact) mass is 480 g/mol. The van der Waals surface area contributed by atoms with Crippen LogP contribution in [0.3, 0.4) is 0 Å². The molecule has 0 aliphatic heterocycles. The SMILES string of the molecule is CCS(=O)(=O)c1cc(C(F)(F)F)cnc1-c1nnc(-c2cccc(C(F)(F)Cl)c2)n1C. The standard InChI is InChI=1S/C18H14ClF5N4O2S/c1-3-31(29,30)13-8-12(18(22,23)24)9-25-14(13)16-27-26-15(28(16)2)10-5-4-6-11(7-10)17(19,20)21/h4-9H,3H2,1-2H3. The highest BCUT2D eigenvalue weighted by Gasteiger charge is 2.34. The molecule has 0 bridgehead atoms. The summed E-state index contributed by atoms with van der Waals surface area (Å²) in [5.74, 6) is -0.571. The number of benzene rings is 1. The van der Waals surface area contributed by atoms with Gasteiger partial charge in [-0.2, -0.15) is 22.0 Å². The highest BCUT2D eigenvalue weighted by molar-refractivity contribution is 7.91. The van der Waals surface area contributed by atoms with Crippen LogP contribution in [-0.4, -0.2) is 33.9 Å². The number of aromatic nitrogens is 4. The highest BCUT2D eigenvalue weighted by Crippen LogP contribution is 2.36. The van der Waals surface area contributed by atoms with Gasteiger partial charge in [0.25, 0.3) is 0 Å². The minimum atomic E-state index is -4.80. The van der Waals surface area contributed by atoms with Crippen molar-refractivity contribution in [2.45, 2.75) is 23.4 Å². The summed E-state index contributed by atoms with van der Waals surface area (Å²) in [7, 11) is -2.72. The van der Waals surface area contributed by atoms with Crippen LogP contribution in [0, 0.1) is 0 Å². The molecule has 0 unspecified atom stereocenters. The number of nitrogens with zero attached hydrogens (tertiary/aromatic N) is 4. The van der Waals surface area contributed by atoms with Crippen LogP contribution >= 0.6 is 11.6 Å². The Balaban J connectivity index is 2.19. The van der Waals surface area contributed by atoms with E-state index in [4.69, 9.17) is 11.6 Å². The summed E-state index contributed by atoms with van der Waals surface area (Å²) < 4.78 is 92.3. The molecule has 0 saturated heterocycles. The molecule has 0 atom stereocenters. The fraction of sp³-hybridized carbons (Fsp3) is 0.278. The normalized spacial score (nSPS) is 12.9. The highest BCUT2D eigenvalue weighted by atomic mass is 35.5. The van der Waals surface area contributed by atoms with Crippen molar-refractivity contribution in [1.82, 2.24) is 19.7 Å². The molecule has 2 aromatic heterocycles. The van der Waals surface area contributed by atoms with Crippen LogP contribution in [0.2, 0.25) is 0 Å². The Morgan fingerprint density at radius 3 is 2.26 bits per heavy atom. The number of hydrogen-bond donors (Lipinski definition) is 0. The number of rotatable bonds is 5. The summed E-state index contributed by atoms with van der Waals surface area (Å²) in [6, 6.07) is 5.44. The molecular formula is C18H14ClF5N4O2S. The van der Waals surface area contributed by atoms with Gasteiger partial charge in [-0.3, -0.25) is 4.98 Å². The fourth-order valence-corrected chi connectivity index (χ4v) is 3.96. The van der Waals surface area contributed by atoms with Crippen LogP contribution in [0.25, 0.3) is 22.9 Å². The first kappa shape index (κ1) is 23.1. The first-order valence-electron chi connectivity index (χ1n) is 8.63. The van der Waals surface area contributed by atoms with E-state index >= 15 is 0 Å². The van der Waals surface area contributed by atoms with Crippen molar-refractivity contribution in [2.75, 3.05) is 5.75 Å². The largest absolute Gasteiger partial charge is 0.417 e. The van der Waals surface area contributed by atoms with Crippen molar-refractivity contribution in [1.29, 1.82) is 0 Å². The molecule has 0 N–H and O–H groups in total. The topological polar surface area (TPSA) is 77.7 Å². The summed E-state index contributed by atoms with van der Waals surface area (Å²) in [5.41, 5.74) is -1.89. The maximum atomic E-state index is 13.4. The maximum absolute atomic E-state index is 13.4. The Morgan fingerprint density at radius 2 is 1.68 bits per heavy atom. The van der Waals surface area contributed by atoms with E-state index in [9.17, 15) is 30.4 Å². The Bertz CT molecular complexity index is 1240. The molecule has 0 aliphatic rings. The molecule has 0 aliphatic carbocycles. The Kier molecular flexibility index (Phi) is 5.82. The molecule has 166 valence electrons. The Labute approximate surface area is 178 Å². The minimum absolute atomic E-state index is 0.0549. The van der Waals surface area contributed by atoms with Gasteiger partial charge in [-0.15, -0.1) is 10.2 Å². The third-order valence-electron chi connectivity index (χ3n) is 4.43. The molecular weight excluding hydrogens is 467 g/mol. The number of sulfone groups is 1. The lowest BCUT2D eigenvalue weighted by molar-refractivity contribution is -0.138. The quantitative estimate of drug-likeness (QED) is 0.392. The van der Waals surface area contributed by atoms with E-state index in [1.54, 1.807) is 0 Å². The first-order chi connectivity index (χ1) is 14.3. The number of pyridine rings is 1. The van der Waals surface area contributed by atoms with Crippen LogP contribution in [0.5, 0.6) is 0 Å². The predicted octanol–water partition coefficient (Wildman–Crippen LogP) is 4.64. The van der Waals surface area contributed by atoms with Gasteiger partial charge in [-0.05, 0) is 23.7 Å². The summed E-state index contributed by atoms with van der Waals surface area (Å²) in [5, 5.41) is 4.08. The predicted molar refractivity (Wildman–Crippen MR) is 102 cm³/mol. The second-order valence-corrected chi connectivity index (χ2v) is 9.18. The van der Waals surface area contributed by atoms with Crippen LogP contribution in [0.15, 0.2) is 41.4 Å². The first-order valence-corrected chi connectivity index (χ1v) is 10.7. The summed E-state index contributed by atoms with van der Waals surface area (Å²) in [6.45, 7) is 1.28. The molecule has 3 aromatic rings. The van der Waals surface area contributed by atoms with Crippen LogP contribution in [-0.2, 0) is 28.4 Å².